The topological polar surface area (TPSA) is 29.5 Å². The van der Waals surface area contributed by atoms with Crippen LogP contribution in [-0.4, -0.2) is 16.8 Å². The van der Waals surface area contributed by atoms with Crippen LogP contribution in [0.25, 0.3) is 0 Å². The third kappa shape index (κ3) is 4.70. The summed E-state index contributed by atoms with van der Waals surface area (Å²) in [7, 11) is 0. The van der Waals surface area contributed by atoms with Gasteiger partial charge in [-0.1, -0.05) is 53.7 Å². The molecule has 0 aromatic heterocycles. The molecule has 1 rings (SSSR count). The summed E-state index contributed by atoms with van der Waals surface area (Å²) >= 11 is 5.26. The third-order valence-electron chi connectivity index (χ3n) is 3.44. The van der Waals surface area contributed by atoms with Gasteiger partial charge in [-0.3, -0.25) is 0 Å². The lowest BCUT2D eigenvalue weighted by atomic mass is 9.78. The second-order valence-electron chi connectivity index (χ2n) is 7.52. The van der Waals surface area contributed by atoms with Gasteiger partial charge in [0.05, 0.1) is 6.61 Å². The van der Waals surface area contributed by atoms with E-state index in [1.807, 2.05) is 6.92 Å². The largest absolute Gasteiger partial charge is 0.507 e. The fourth-order valence-corrected chi connectivity index (χ4v) is 2.60. The third-order valence-corrected chi connectivity index (χ3v) is 3.70. The van der Waals surface area contributed by atoms with Gasteiger partial charge in [0, 0.05) is 6.42 Å². The van der Waals surface area contributed by atoms with Crippen molar-refractivity contribution in [1.29, 1.82) is 0 Å². The van der Waals surface area contributed by atoms with Crippen molar-refractivity contribution in [2.75, 3.05) is 6.61 Å². The standard InChI is InChI=1S/C18H28O2S/c1-8-20-15(21)11-12-9-13(17(2,3)4)16(19)14(10-12)18(5,6)7/h9-10,19H,8,11H2,1-7H3. The van der Waals surface area contributed by atoms with Crippen LogP contribution in [0.5, 0.6) is 5.75 Å². The van der Waals surface area contributed by atoms with Gasteiger partial charge in [-0.25, -0.2) is 0 Å². The van der Waals surface area contributed by atoms with E-state index in [9.17, 15) is 5.11 Å². The molecule has 0 atom stereocenters. The quantitative estimate of drug-likeness (QED) is 0.806. The molecule has 1 aromatic carbocycles. The van der Waals surface area contributed by atoms with Crippen LogP contribution < -0.4 is 0 Å². The number of benzene rings is 1. The van der Waals surface area contributed by atoms with Crippen LogP contribution in [0, 0.1) is 0 Å². The fraction of sp³-hybridized carbons (Fsp3) is 0.611. The Labute approximate surface area is 134 Å². The van der Waals surface area contributed by atoms with E-state index in [1.54, 1.807) is 0 Å². The first-order valence-electron chi connectivity index (χ1n) is 7.49. The lowest BCUT2D eigenvalue weighted by Crippen LogP contribution is -2.18. The number of ether oxygens (including phenoxy) is 1. The highest BCUT2D eigenvalue weighted by Gasteiger charge is 2.26. The molecule has 0 fully saturated rings. The van der Waals surface area contributed by atoms with E-state index in [4.69, 9.17) is 17.0 Å². The van der Waals surface area contributed by atoms with Gasteiger partial charge in [-0.05, 0) is 46.7 Å². The summed E-state index contributed by atoms with van der Waals surface area (Å²) in [5.74, 6) is 0.404. The molecular weight excluding hydrogens is 280 g/mol. The molecular formula is C18H28O2S. The molecule has 0 aliphatic rings. The number of rotatable bonds is 3. The van der Waals surface area contributed by atoms with Crippen molar-refractivity contribution in [3.63, 3.8) is 0 Å². The van der Waals surface area contributed by atoms with E-state index in [0.717, 1.165) is 16.7 Å². The molecule has 0 bridgehead atoms. The van der Waals surface area contributed by atoms with E-state index >= 15 is 0 Å². The molecule has 0 saturated heterocycles. The Bertz CT molecular complexity index is 484. The van der Waals surface area contributed by atoms with Gasteiger partial charge in [-0.15, -0.1) is 0 Å². The normalized spacial score (nSPS) is 12.3. The highest BCUT2D eigenvalue weighted by Crippen LogP contribution is 2.39. The van der Waals surface area contributed by atoms with Gasteiger partial charge < -0.3 is 9.84 Å². The molecule has 2 nitrogen and oxygen atoms in total. The molecule has 0 unspecified atom stereocenters. The lowest BCUT2D eigenvalue weighted by molar-refractivity contribution is 0.329. The van der Waals surface area contributed by atoms with E-state index < -0.39 is 0 Å². The second kappa shape index (κ2) is 6.35. The van der Waals surface area contributed by atoms with Crippen LogP contribution >= 0.6 is 12.2 Å². The van der Waals surface area contributed by atoms with Gasteiger partial charge in [0.1, 0.15) is 5.75 Å². The van der Waals surface area contributed by atoms with Crippen LogP contribution in [0.2, 0.25) is 0 Å². The van der Waals surface area contributed by atoms with Gasteiger partial charge in [0.15, 0.2) is 5.05 Å². The number of thiocarbonyl (C=S) groups is 1. The number of phenolic OH excluding ortho intramolecular Hbond substituents is 1. The maximum absolute atomic E-state index is 10.7. The molecule has 0 saturated carbocycles. The number of phenols is 1. The van der Waals surface area contributed by atoms with Crippen molar-refractivity contribution in [2.45, 2.75) is 65.7 Å². The zero-order valence-corrected chi connectivity index (χ0v) is 15.1. The predicted octanol–water partition coefficient (Wildman–Crippen LogP) is 4.89. The highest BCUT2D eigenvalue weighted by atomic mass is 32.1. The Hall–Kier alpha value is -1.09. The molecule has 0 aliphatic carbocycles. The minimum absolute atomic E-state index is 0.118. The Balaban J connectivity index is 3.37. The number of hydrogen-bond donors (Lipinski definition) is 1. The zero-order valence-electron chi connectivity index (χ0n) is 14.3. The number of hydrogen-bond acceptors (Lipinski definition) is 3. The van der Waals surface area contributed by atoms with E-state index in [1.165, 1.54) is 0 Å². The summed E-state index contributed by atoms with van der Waals surface area (Å²) in [6.07, 6.45) is 0.607. The molecule has 0 radical (unpaired) electrons. The Morgan fingerprint density at radius 3 is 1.81 bits per heavy atom. The van der Waals surface area contributed by atoms with Crippen LogP contribution in [0.15, 0.2) is 12.1 Å². The molecule has 1 N–H and O–H groups in total. The van der Waals surface area contributed by atoms with Crippen molar-refractivity contribution < 1.29 is 9.84 Å². The minimum Gasteiger partial charge on any atom is -0.507 e. The van der Waals surface area contributed by atoms with Gasteiger partial charge in [-0.2, -0.15) is 0 Å². The zero-order chi connectivity index (χ0) is 16.4. The SMILES string of the molecule is CCOC(=S)Cc1cc(C(C)(C)C)c(O)c(C(C)(C)C)c1. The first-order valence-corrected chi connectivity index (χ1v) is 7.90. The van der Waals surface area contributed by atoms with Gasteiger partial charge >= 0.3 is 0 Å². The molecule has 0 amide bonds. The van der Waals surface area contributed by atoms with Crippen LogP contribution in [0.3, 0.4) is 0 Å². The van der Waals surface area contributed by atoms with E-state index in [0.29, 0.717) is 23.8 Å². The highest BCUT2D eigenvalue weighted by molar-refractivity contribution is 7.80. The average Bonchev–Trinajstić information content (AvgIpc) is 2.28. The molecule has 1 aromatic rings. The first-order chi connectivity index (χ1) is 9.46. The summed E-state index contributed by atoms with van der Waals surface area (Å²) < 4.78 is 5.40. The maximum Gasteiger partial charge on any atom is 0.164 e. The Morgan fingerprint density at radius 2 is 1.48 bits per heavy atom. The average molecular weight is 308 g/mol. The molecule has 21 heavy (non-hydrogen) atoms. The van der Waals surface area contributed by atoms with Crippen molar-refractivity contribution in [2.24, 2.45) is 0 Å². The summed E-state index contributed by atoms with van der Waals surface area (Å²) in [5.41, 5.74) is 2.79. The molecule has 3 heteroatoms. The smallest absolute Gasteiger partial charge is 0.164 e. The predicted molar refractivity (Wildman–Crippen MR) is 93.4 cm³/mol. The number of aromatic hydroxyl groups is 1. The van der Waals surface area contributed by atoms with Crippen molar-refractivity contribution >= 4 is 17.3 Å². The lowest BCUT2D eigenvalue weighted by Gasteiger charge is -2.28. The summed E-state index contributed by atoms with van der Waals surface area (Å²) in [4.78, 5) is 0. The van der Waals surface area contributed by atoms with Crippen LogP contribution in [0.4, 0.5) is 0 Å². The van der Waals surface area contributed by atoms with E-state index in [2.05, 4.69) is 53.7 Å². The molecule has 118 valence electrons. The van der Waals surface area contributed by atoms with Crippen molar-refractivity contribution in [1.82, 2.24) is 0 Å². The molecule has 0 spiro atoms. The second-order valence-corrected chi connectivity index (χ2v) is 7.98. The van der Waals surface area contributed by atoms with Crippen molar-refractivity contribution in [3.8, 4) is 5.75 Å². The maximum atomic E-state index is 10.7. The first kappa shape index (κ1) is 18.0. The molecule has 0 heterocycles. The van der Waals surface area contributed by atoms with Crippen LogP contribution in [-0.2, 0) is 22.0 Å². The summed E-state index contributed by atoms with van der Waals surface area (Å²) in [5, 5.41) is 11.3. The summed E-state index contributed by atoms with van der Waals surface area (Å²) in [6, 6.07) is 4.10. The Kier molecular flexibility index (Phi) is 5.43. The Morgan fingerprint density at radius 1 is 1.05 bits per heavy atom. The molecule has 0 aliphatic heterocycles. The fourth-order valence-electron chi connectivity index (χ4n) is 2.32. The van der Waals surface area contributed by atoms with Crippen LogP contribution in [0.1, 0.15) is 65.2 Å². The minimum atomic E-state index is -0.118. The van der Waals surface area contributed by atoms with Gasteiger partial charge in [0.2, 0.25) is 0 Å². The van der Waals surface area contributed by atoms with Crippen molar-refractivity contribution in [3.05, 3.63) is 28.8 Å². The summed E-state index contributed by atoms with van der Waals surface area (Å²) in [6.45, 7) is 15.2. The monoisotopic (exact) mass is 308 g/mol. The van der Waals surface area contributed by atoms with E-state index in [-0.39, 0.29) is 10.8 Å². The van der Waals surface area contributed by atoms with Gasteiger partial charge in [0.25, 0.3) is 0 Å².